The van der Waals surface area contributed by atoms with Crippen LogP contribution < -0.4 is 5.56 Å². The maximum Gasteiger partial charge on any atom is 0.326 e. The highest BCUT2D eigenvalue weighted by molar-refractivity contribution is 7.13. The number of esters is 1. The van der Waals surface area contributed by atoms with Crippen LogP contribution in [0.1, 0.15) is 5.82 Å². The Morgan fingerprint density at radius 3 is 3.12 bits per heavy atom. The average Bonchev–Trinajstić information content (AvgIpc) is 3.36. The van der Waals surface area contributed by atoms with Crippen molar-refractivity contribution in [1.29, 1.82) is 0 Å². The van der Waals surface area contributed by atoms with E-state index in [0.717, 1.165) is 4.88 Å². The zero-order valence-corrected chi connectivity index (χ0v) is 14.3. The van der Waals surface area contributed by atoms with Gasteiger partial charge >= 0.3 is 5.97 Å². The van der Waals surface area contributed by atoms with Crippen LogP contribution in [0, 0.1) is 0 Å². The zero-order valence-electron chi connectivity index (χ0n) is 13.5. The molecule has 0 radical (unpaired) electrons. The van der Waals surface area contributed by atoms with Gasteiger partial charge in [0.1, 0.15) is 18.3 Å². The minimum absolute atomic E-state index is 0.148. The summed E-state index contributed by atoms with van der Waals surface area (Å²) >= 11 is 1.46. The lowest BCUT2D eigenvalue weighted by molar-refractivity contribution is -0.146. The molecule has 4 aromatic rings. The molecule has 132 valence electrons. The molecule has 26 heavy (non-hydrogen) atoms. The quantitative estimate of drug-likeness (QED) is 0.476. The van der Waals surface area contributed by atoms with Crippen molar-refractivity contribution in [2.24, 2.45) is 7.05 Å². The Labute approximate surface area is 149 Å². The van der Waals surface area contributed by atoms with Crippen LogP contribution in [0.4, 0.5) is 0 Å². The van der Waals surface area contributed by atoms with Gasteiger partial charge in [-0.15, -0.1) is 11.3 Å². The van der Waals surface area contributed by atoms with Gasteiger partial charge in [0, 0.05) is 7.05 Å². The van der Waals surface area contributed by atoms with Crippen LogP contribution in [0.25, 0.3) is 21.8 Å². The molecule has 4 rings (SSSR count). The van der Waals surface area contributed by atoms with E-state index in [-0.39, 0.29) is 24.5 Å². The number of fused-ring (bicyclic) bond motifs is 1. The molecule has 0 aliphatic heterocycles. The molecule has 0 aromatic carbocycles. The van der Waals surface area contributed by atoms with Gasteiger partial charge in [-0.25, -0.2) is 4.98 Å². The Balaban J connectivity index is 1.42. The summed E-state index contributed by atoms with van der Waals surface area (Å²) in [6.07, 6.45) is 2.70. The molecular formula is C15H12N6O4S. The fourth-order valence-corrected chi connectivity index (χ4v) is 2.97. The van der Waals surface area contributed by atoms with Gasteiger partial charge in [0.2, 0.25) is 5.82 Å². The second-order valence-electron chi connectivity index (χ2n) is 5.34. The number of aromatic nitrogens is 6. The maximum absolute atomic E-state index is 12.3. The van der Waals surface area contributed by atoms with E-state index in [4.69, 9.17) is 9.26 Å². The van der Waals surface area contributed by atoms with Crippen LogP contribution in [-0.4, -0.2) is 35.4 Å². The van der Waals surface area contributed by atoms with Crippen molar-refractivity contribution in [3.8, 4) is 10.8 Å². The minimum atomic E-state index is -0.611. The molecule has 0 saturated carbocycles. The average molecular weight is 372 g/mol. The van der Waals surface area contributed by atoms with E-state index >= 15 is 0 Å². The second-order valence-corrected chi connectivity index (χ2v) is 6.28. The molecule has 0 aliphatic carbocycles. The van der Waals surface area contributed by atoms with E-state index in [1.807, 2.05) is 17.5 Å². The fourth-order valence-electron chi connectivity index (χ4n) is 2.32. The summed E-state index contributed by atoms with van der Waals surface area (Å²) in [5, 5.41) is 9.97. The topological polar surface area (TPSA) is 118 Å². The Hall–Kier alpha value is -3.34. The molecule has 11 heteroatoms. The van der Waals surface area contributed by atoms with E-state index in [9.17, 15) is 9.59 Å². The Morgan fingerprint density at radius 1 is 1.42 bits per heavy atom. The summed E-state index contributed by atoms with van der Waals surface area (Å²) in [7, 11) is 1.68. The highest BCUT2D eigenvalue weighted by atomic mass is 32.1. The first kappa shape index (κ1) is 16.1. The largest absolute Gasteiger partial charge is 0.456 e. The van der Waals surface area contributed by atoms with Crippen molar-refractivity contribution in [1.82, 2.24) is 29.5 Å². The molecular weight excluding hydrogens is 360 g/mol. The van der Waals surface area contributed by atoms with Crippen LogP contribution in [0.3, 0.4) is 0 Å². The summed E-state index contributed by atoms with van der Waals surface area (Å²) in [4.78, 5) is 33.4. The van der Waals surface area contributed by atoms with E-state index in [0.29, 0.717) is 16.9 Å². The minimum Gasteiger partial charge on any atom is -0.456 e. The summed E-state index contributed by atoms with van der Waals surface area (Å²) in [5.41, 5.74) is 0.0899. The van der Waals surface area contributed by atoms with Crippen LogP contribution in [0.2, 0.25) is 0 Å². The van der Waals surface area contributed by atoms with Crippen molar-refractivity contribution >= 4 is 28.3 Å². The molecule has 0 atom stereocenters. The van der Waals surface area contributed by atoms with Gasteiger partial charge in [-0.3, -0.25) is 18.8 Å². The molecule has 0 unspecified atom stereocenters. The van der Waals surface area contributed by atoms with Crippen LogP contribution >= 0.6 is 11.3 Å². The summed E-state index contributed by atoms with van der Waals surface area (Å²) in [6.45, 7) is -0.419. The number of rotatable bonds is 5. The first-order valence-corrected chi connectivity index (χ1v) is 8.39. The molecule has 0 aliphatic rings. The summed E-state index contributed by atoms with van der Waals surface area (Å²) in [5.74, 6) is 0.00282. The predicted molar refractivity (Wildman–Crippen MR) is 90.2 cm³/mol. The third-order valence-corrected chi connectivity index (χ3v) is 4.44. The zero-order chi connectivity index (χ0) is 18.1. The number of carbonyl (C=O) groups excluding carboxylic acids is 1. The van der Waals surface area contributed by atoms with Gasteiger partial charge in [0.15, 0.2) is 12.3 Å². The third kappa shape index (κ3) is 2.99. The van der Waals surface area contributed by atoms with Gasteiger partial charge in [-0.2, -0.15) is 10.1 Å². The van der Waals surface area contributed by atoms with Crippen LogP contribution in [-0.2, 0) is 29.7 Å². The number of hydrogen-bond acceptors (Lipinski definition) is 9. The van der Waals surface area contributed by atoms with Crippen molar-refractivity contribution < 1.29 is 14.1 Å². The smallest absolute Gasteiger partial charge is 0.326 e. The molecule has 0 N–H and O–H groups in total. The van der Waals surface area contributed by atoms with Crippen molar-refractivity contribution in [3.63, 3.8) is 0 Å². The van der Waals surface area contributed by atoms with Crippen LogP contribution in [0.5, 0.6) is 0 Å². The fraction of sp³-hybridized carbons (Fsp3) is 0.200. The lowest BCUT2D eigenvalue weighted by atomic mass is 10.4. The first-order valence-electron chi connectivity index (χ1n) is 7.51. The lowest BCUT2D eigenvalue weighted by Gasteiger charge is -2.05. The predicted octanol–water partition coefficient (Wildman–Crippen LogP) is 0.985. The number of nitrogens with zero attached hydrogens (tertiary/aromatic N) is 6. The van der Waals surface area contributed by atoms with Gasteiger partial charge in [0.25, 0.3) is 11.4 Å². The number of ether oxygens (including phenoxy) is 1. The maximum atomic E-state index is 12.3. The molecule has 0 spiro atoms. The van der Waals surface area contributed by atoms with Gasteiger partial charge in [0.05, 0.1) is 11.1 Å². The molecule has 0 bridgehead atoms. The van der Waals surface area contributed by atoms with Crippen molar-refractivity contribution in [2.75, 3.05) is 0 Å². The van der Waals surface area contributed by atoms with E-state index in [2.05, 4.69) is 20.2 Å². The lowest BCUT2D eigenvalue weighted by Crippen LogP contribution is -2.25. The van der Waals surface area contributed by atoms with E-state index in [1.54, 1.807) is 7.05 Å². The molecule has 0 fully saturated rings. The Morgan fingerprint density at radius 2 is 2.31 bits per heavy atom. The van der Waals surface area contributed by atoms with E-state index < -0.39 is 5.97 Å². The van der Waals surface area contributed by atoms with Gasteiger partial charge in [-0.05, 0) is 11.4 Å². The number of aryl methyl sites for hydroxylation is 1. The SMILES string of the molecule is Cn1ncc2c(=O)n(CC(=O)OCc3noc(-c4cccs4)n3)cnc21. The highest BCUT2D eigenvalue weighted by Crippen LogP contribution is 2.22. The summed E-state index contributed by atoms with van der Waals surface area (Å²) in [6, 6.07) is 3.72. The Bertz CT molecular complexity index is 1130. The molecule has 4 heterocycles. The number of carbonyl (C=O) groups is 1. The third-order valence-electron chi connectivity index (χ3n) is 3.58. The molecule has 4 aromatic heterocycles. The van der Waals surface area contributed by atoms with Crippen molar-refractivity contribution in [2.45, 2.75) is 13.2 Å². The molecule has 0 amide bonds. The highest BCUT2D eigenvalue weighted by Gasteiger charge is 2.14. The second kappa shape index (κ2) is 6.52. The Kier molecular flexibility index (Phi) is 4.05. The van der Waals surface area contributed by atoms with Crippen molar-refractivity contribution in [3.05, 3.63) is 46.2 Å². The normalized spacial score (nSPS) is 11.1. The van der Waals surface area contributed by atoms with Gasteiger partial charge < -0.3 is 9.26 Å². The summed E-state index contributed by atoms with van der Waals surface area (Å²) < 4.78 is 12.9. The van der Waals surface area contributed by atoms with Crippen LogP contribution in [0.15, 0.2) is 39.4 Å². The first-order chi connectivity index (χ1) is 12.6. The number of thiophene rings is 1. The molecule has 0 saturated heterocycles. The standard InChI is InChI=1S/C15H12N6O4S/c1-20-13-9(5-17-20)15(23)21(8-16-13)6-12(22)24-7-11-18-14(25-19-11)10-3-2-4-26-10/h2-5,8H,6-7H2,1H3. The van der Waals surface area contributed by atoms with Gasteiger partial charge in [-0.1, -0.05) is 11.2 Å². The van der Waals surface area contributed by atoms with E-state index in [1.165, 1.54) is 33.1 Å². The monoisotopic (exact) mass is 372 g/mol. The molecule has 10 nitrogen and oxygen atoms in total. The number of hydrogen-bond donors (Lipinski definition) is 0.